The van der Waals surface area contributed by atoms with Gasteiger partial charge in [0.05, 0.1) is 22.9 Å². The lowest BCUT2D eigenvalue weighted by Crippen LogP contribution is -2.25. The third-order valence-corrected chi connectivity index (χ3v) is 7.76. The number of hydrogen-bond acceptors (Lipinski definition) is 6. The van der Waals surface area contributed by atoms with E-state index < -0.39 is 20.0 Å². The summed E-state index contributed by atoms with van der Waals surface area (Å²) >= 11 is 0. The van der Waals surface area contributed by atoms with Crippen LogP contribution in [0.25, 0.3) is 0 Å². The number of sulfonamides is 2. The Kier molecular flexibility index (Phi) is 6.35. The standard InChI is InChI=1S/C19H24N2O6S2/c1-15-14-18(8-9-19(15)27-12-11-26-2)29(24,25)20-16-4-6-17(7-5-16)21-10-3-13-28(21,22)23/h4-9,14,20H,3,10-13H2,1-2H3. The van der Waals surface area contributed by atoms with E-state index in [0.29, 0.717) is 48.9 Å². The van der Waals surface area contributed by atoms with E-state index in [0.717, 1.165) is 0 Å². The van der Waals surface area contributed by atoms with Crippen molar-refractivity contribution in [3.05, 3.63) is 48.0 Å². The van der Waals surface area contributed by atoms with Gasteiger partial charge in [-0.3, -0.25) is 9.03 Å². The molecule has 0 bridgehead atoms. The van der Waals surface area contributed by atoms with Gasteiger partial charge in [-0.1, -0.05) is 0 Å². The Morgan fingerprint density at radius 1 is 1.10 bits per heavy atom. The van der Waals surface area contributed by atoms with Gasteiger partial charge in [-0.15, -0.1) is 0 Å². The van der Waals surface area contributed by atoms with Crippen molar-refractivity contribution in [1.82, 2.24) is 0 Å². The minimum Gasteiger partial charge on any atom is -0.491 e. The van der Waals surface area contributed by atoms with E-state index in [1.807, 2.05) is 0 Å². The van der Waals surface area contributed by atoms with Crippen LogP contribution in [0.1, 0.15) is 12.0 Å². The van der Waals surface area contributed by atoms with Crippen LogP contribution in [0.15, 0.2) is 47.4 Å². The fraction of sp³-hybridized carbons (Fsp3) is 0.368. The number of nitrogens with one attached hydrogen (secondary N) is 1. The maximum atomic E-state index is 12.7. The molecule has 8 nitrogen and oxygen atoms in total. The lowest BCUT2D eigenvalue weighted by Gasteiger charge is -2.17. The Balaban J connectivity index is 1.73. The SMILES string of the molecule is COCCOc1ccc(S(=O)(=O)Nc2ccc(N3CCCS3(=O)=O)cc2)cc1C. The van der Waals surface area contributed by atoms with Crippen LogP contribution < -0.4 is 13.8 Å². The summed E-state index contributed by atoms with van der Waals surface area (Å²) in [6, 6.07) is 10.9. The fourth-order valence-electron chi connectivity index (χ4n) is 3.03. The first-order valence-corrected chi connectivity index (χ1v) is 12.2. The zero-order valence-electron chi connectivity index (χ0n) is 16.3. The predicted octanol–water partition coefficient (Wildman–Crippen LogP) is 2.36. The van der Waals surface area contributed by atoms with Crippen LogP contribution in [0.2, 0.25) is 0 Å². The summed E-state index contributed by atoms with van der Waals surface area (Å²) in [5.74, 6) is 0.725. The maximum absolute atomic E-state index is 12.7. The molecule has 1 N–H and O–H groups in total. The normalized spacial score (nSPS) is 16.0. The monoisotopic (exact) mass is 440 g/mol. The number of aryl methyl sites for hydroxylation is 1. The van der Waals surface area contributed by atoms with E-state index in [1.54, 1.807) is 44.4 Å². The van der Waals surface area contributed by atoms with Crippen LogP contribution in [0.5, 0.6) is 5.75 Å². The average Bonchev–Trinajstić information content (AvgIpc) is 3.02. The van der Waals surface area contributed by atoms with Crippen molar-refractivity contribution in [2.75, 3.05) is 41.6 Å². The summed E-state index contributed by atoms with van der Waals surface area (Å²) in [5.41, 5.74) is 1.57. The van der Waals surface area contributed by atoms with Gasteiger partial charge in [-0.25, -0.2) is 16.8 Å². The van der Waals surface area contributed by atoms with Crippen LogP contribution in [-0.4, -0.2) is 49.5 Å². The largest absolute Gasteiger partial charge is 0.491 e. The van der Waals surface area contributed by atoms with Crippen molar-refractivity contribution >= 4 is 31.4 Å². The van der Waals surface area contributed by atoms with E-state index in [2.05, 4.69) is 4.72 Å². The lowest BCUT2D eigenvalue weighted by molar-refractivity contribution is 0.146. The molecule has 1 aliphatic rings. The molecule has 0 atom stereocenters. The number of benzene rings is 2. The van der Waals surface area contributed by atoms with Crippen LogP contribution in [0, 0.1) is 6.92 Å². The van der Waals surface area contributed by atoms with Gasteiger partial charge in [0.15, 0.2) is 0 Å². The Morgan fingerprint density at radius 2 is 1.83 bits per heavy atom. The highest BCUT2D eigenvalue weighted by atomic mass is 32.2. The molecular formula is C19H24N2O6S2. The topological polar surface area (TPSA) is 102 Å². The molecular weight excluding hydrogens is 416 g/mol. The van der Waals surface area contributed by atoms with Crippen molar-refractivity contribution in [3.63, 3.8) is 0 Å². The number of methoxy groups -OCH3 is 1. The zero-order valence-corrected chi connectivity index (χ0v) is 17.9. The summed E-state index contributed by atoms with van der Waals surface area (Å²) in [7, 11) is -5.49. The van der Waals surface area contributed by atoms with Crippen LogP contribution in [-0.2, 0) is 24.8 Å². The Hall–Kier alpha value is -2.30. The van der Waals surface area contributed by atoms with E-state index in [1.165, 1.54) is 16.4 Å². The number of ether oxygens (including phenoxy) is 2. The van der Waals surface area contributed by atoms with Crippen molar-refractivity contribution in [3.8, 4) is 5.75 Å². The smallest absolute Gasteiger partial charge is 0.261 e. The highest BCUT2D eigenvalue weighted by molar-refractivity contribution is 7.93. The first-order chi connectivity index (χ1) is 13.7. The summed E-state index contributed by atoms with van der Waals surface area (Å²) in [4.78, 5) is 0.111. The Morgan fingerprint density at radius 3 is 2.41 bits per heavy atom. The van der Waals surface area contributed by atoms with Crippen molar-refractivity contribution in [2.45, 2.75) is 18.2 Å². The van der Waals surface area contributed by atoms with Crippen LogP contribution >= 0.6 is 0 Å². The Bertz CT molecular complexity index is 1070. The number of hydrogen-bond donors (Lipinski definition) is 1. The van der Waals surface area contributed by atoms with E-state index in [9.17, 15) is 16.8 Å². The molecule has 3 rings (SSSR count). The van der Waals surface area contributed by atoms with E-state index >= 15 is 0 Å². The van der Waals surface area contributed by atoms with E-state index in [4.69, 9.17) is 9.47 Å². The van der Waals surface area contributed by atoms with Crippen molar-refractivity contribution < 1.29 is 26.3 Å². The molecule has 0 saturated carbocycles. The number of anilines is 2. The molecule has 0 radical (unpaired) electrons. The molecule has 0 amide bonds. The van der Waals surface area contributed by atoms with Gasteiger partial charge in [0, 0.05) is 19.3 Å². The molecule has 0 aliphatic carbocycles. The van der Waals surface area contributed by atoms with Crippen molar-refractivity contribution in [1.29, 1.82) is 0 Å². The predicted molar refractivity (Wildman–Crippen MR) is 112 cm³/mol. The van der Waals surface area contributed by atoms with E-state index in [-0.39, 0.29) is 10.6 Å². The minimum atomic E-state index is -3.79. The molecule has 1 fully saturated rings. The van der Waals surface area contributed by atoms with Gasteiger partial charge in [-0.2, -0.15) is 0 Å². The summed E-state index contributed by atoms with van der Waals surface area (Å²) < 4.78 is 63.7. The maximum Gasteiger partial charge on any atom is 0.261 e. The molecule has 0 aromatic heterocycles. The van der Waals surface area contributed by atoms with Gasteiger partial charge in [0.2, 0.25) is 10.0 Å². The second-order valence-electron chi connectivity index (χ2n) is 6.66. The van der Waals surface area contributed by atoms with Crippen molar-refractivity contribution in [2.24, 2.45) is 0 Å². The summed E-state index contributed by atoms with van der Waals surface area (Å²) in [5, 5.41) is 0. The third kappa shape index (κ3) is 5.01. The quantitative estimate of drug-likeness (QED) is 0.633. The second kappa shape index (κ2) is 8.60. The molecule has 158 valence electrons. The molecule has 1 aliphatic heterocycles. The third-order valence-electron chi connectivity index (χ3n) is 4.51. The first kappa shape index (κ1) is 21.4. The Labute approximate surface area is 171 Å². The first-order valence-electron chi connectivity index (χ1n) is 9.09. The molecule has 10 heteroatoms. The molecule has 0 spiro atoms. The van der Waals surface area contributed by atoms with Gasteiger partial charge < -0.3 is 9.47 Å². The lowest BCUT2D eigenvalue weighted by atomic mass is 10.2. The molecule has 29 heavy (non-hydrogen) atoms. The van der Waals surface area contributed by atoms with Crippen LogP contribution in [0.3, 0.4) is 0 Å². The zero-order chi connectivity index (χ0) is 21.1. The number of nitrogens with zero attached hydrogens (tertiary/aromatic N) is 1. The molecule has 1 heterocycles. The molecule has 2 aromatic rings. The van der Waals surface area contributed by atoms with Gasteiger partial charge in [-0.05, 0) is 61.4 Å². The highest BCUT2D eigenvalue weighted by Gasteiger charge is 2.28. The van der Waals surface area contributed by atoms with Gasteiger partial charge >= 0.3 is 0 Å². The summed E-state index contributed by atoms with van der Waals surface area (Å²) in [6.45, 7) is 3.02. The molecule has 1 saturated heterocycles. The molecule has 2 aromatic carbocycles. The van der Waals surface area contributed by atoms with Gasteiger partial charge in [0.1, 0.15) is 12.4 Å². The molecule has 0 unspecified atom stereocenters. The van der Waals surface area contributed by atoms with Gasteiger partial charge in [0.25, 0.3) is 10.0 Å². The highest BCUT2D eigenvalue weighted by Crippen LogP contribution is 2.27. The number of rotatable bonds is 8. The summed E-state index contributed by atoms with van der Waals surface area (Å²) in [6.07, 6.45) is 0.585. The fourth-order valence-corrected chi connectivity index (χ4v) is 5.73. The van der Waals surface area contributed by atoms with Crippen LogP contribution in [0.4, 0.5) is 11.4 Å². The second-order valence-corrected chi connectivity index (χ2v) is 10.4. The average molecular weight is 441 g/mol. The minimum absolute atomic E-state index is 0.111.